The number of nitrogens with zero attached hydrogens (tertiary/aromatic N) is 1. The molecule has 0 saturated heterocycles. The topological polar surface area (TPSA) is 40.5 Å². The summed E-state index contributed by atoms with van der Waals surface area (Å²) >= 11 is 0. The highest BCUT2D eigenvalue weighted by molar-refractivity contribution is 5.66. The SMILES string of the molecule is CCCCC(CC)N(CCC(=O)O)C1CC1. The molecule has 0 amide bonds. The maximum Gasteiger partial charge on any atom is 0.304 e. The van der Waals surface area contributed by atoms with Crippen LogP contribution in [0.25, 0.3) is 0 Å². The molecule has 1 unspecified atom stereocenters. The largest absolute Gasteiger partial charge is 0.481 e. The van der Waals surface area contributed by atoms with E-state index in [-0.39, 0.29) is 0 Å². The Bertz CT molecular complexity index is 214. The van der Waals surface area contributed by atoms with Crippen LogP contribution >= 0.6 is 0 Å². The highest BCUT2D eigenvalue weighted by Gasteiger charge is 2.32. The predicted molar refractivity (Wildman–Crippen MR) is 65.6 cm³/mol. The first-order valence-corrected chi connectivity index (χ1v) is 6.66. The molecule has 0 spiro atoms. The van der Waals surface area contributed by atoms with Gasteiger partial charge in [-0.3, -0.25) is 9.69 Å². The maximum atomic E-state index is 10.6. The minimum absolute atomic E-state index is 0.291. The van der Waals surface area contributed by atoms with Gasteiger partial charge in [0.05, 0.1) is 6.42 Å². The highest BCUT2D eigenvalue weighted by atomic mass is 16.4. The zero-order chi connectivity index (χ0) is 12.0. The molecule has 3 nitrogen and oxygen atoms in total. The van der Waals surface area contributed by atoms with Crippen molar-refractivity contribution in [3.05, 3.63) is 0 Å². The molecule has 1 aliphatic rings. The molecule has 0 radical (unpaired) electrons. The summed E-state index contributed by atoms with van der Waals surface area (Å²) in [5.74, 6) is -0.670. The lowest BCUT2D eigenvalue weighted by molar-refractivity contribution is -0.137. The maximum absolute atomic E-state index is 10.6. The van der Waals surface area contributed by atoms with E-state index in [1.165, 1.54) is 32.1 Å². The normalized spacial score (nSPS) is 17.7. The van der Waals surface area contributed by atoms with E-state index < -0.39 is 5.97 Å². The molecule has 1 rings (SSSR count). The van der Waals surface area contributed by atoms with Gasteiger partial charge < -0.3 is 5.11 Å². The zero-order valence-corrected chi connectivity index (χ0v) is 10.6. The minimum atomic E-state index is -0.670. The van der Waals surface area contributed by atoms with Crippen LogP contribution < -0.4 is 0 Å². The Morgan fingerprint density at radius 2 is 2.12 bits per heavy atom. The summed E-state index contributed by atoms with van der Waals surface area (Å²) in [6.45, 7) is 5.17. The quantitative estimate of drug-likeness (QED) is 0.658. The van der Waals surface area contributed by atoms with Gasteiger partial charge in [0.1, 0.15) is 0 Å². The third-order valence-corrected chi connectivity index (χ3v) is 3.43. The second-order valence-corrected chi connectivity index (χ2v) is 4.82. The summed E-state index contributed by atoms with van der Waals surface area (Å²) < 4.78 is 0. The van der Waals surface area contributed by atoms with Crippen molar-refractivity contribution in [1.82, 2.24) is 4.90 Å². The molecule has 0 aromatic carbocycles. The van der Waals surface area contributed by atoms with Crippen LogP contribution in [0.2, 0.25) is 0 Å². The fraction of sp³-hybridized carbons (Fsp3) is 0.923. The fourth-order valence-electron chi connectivity index (χ4n) is 2.34. The number of unbranched alkanes of at least 4 members (excludes halogenated alkanes) is 1. The van der Waals surface area contributed by atoms with Crippen molar-refractivity contribution in [2.45, 2.75) is 70.9 Å². The van der Waals surface area contributed by atoms with E-state index in [9.17, 15) is 4.79 Å². The summed E-state index contributed by atoms with van der Waals surface area (Å²) in [6, 6.07) is 1.29. The predicted octanol–water partition coefficient (Wildman–Crippen LogP) is 2.89. The lowest BCUT2D eigenvalue weighted by Crippen LogP contribution is -2.38. The van der Waals surface area contributed by atoms with Crippen LogP contribution in [0.4, 0.5) is 0 Å². The zero-order valence-electron chi connectivity index (χ0n) is 10.6. The lowest BCUT2D eigenvalue weighted by Gasteiger charge is -2.30. The number of aliphatic carboxylic acids is 1. The first-order valence-electron chi connectivity index (χ1n) is 6.66. The van der Waals surface area contributed by atoms with Crippen LogP contribution in [0, 0.1) is 0 Å². The molecule has 16 heavy (non-hydrogen) atoms. The summed E-state index contributed by atoms with van der Waals surface area (Å²) in [7, 11) is 0. The van der Waals surface area contributed by atoms with E-state index in [0.29, 0.717) is 18.5 Å². The Morgan fingerprint density at radius 3 is 2.56 bits per heavy atom. The average Bonchev–Trinajstić information content (AvgIpc) is 3.06. The first-order chi connectivity index (χ1) is 7.69. The van der Waals surface area contributed by atoms with Gasteiger partial charge in [-0.25, -0.2) is 0 Å². The molecule has 1 aliphatic carbocycles. The van der Waals surface area contributed by atoms with Gasteiger partial charge in [-0.05, 0) is 25.7 Å². The van der Waals surface area contributed by atoms with E-state index in [2.05, 4.69) is 18.7 Å². The molecule has 0 aromatic heterocycles. The highest BCUT2D eigenvalue weighted by Crippen LogP contribution is 2.31. The molecule has 1 fully saturated rings. The molecule has 0 bridgehead atoms. The number of hydrogen-bond donors (Lipinski definition) is 1. The summed E-state index contributed by atoms with van der Waals surface area (Å²) in [6.07, 6.45) is 7.69. The molecule has 1 saturated carbocycles. The smallest absolute Gasteiger partial charge is 0.304 e. The Kier molecular flexibility index (Phi) is 5.81. The number of rotatable bonds is 9. The van der Waals surface area contributed by atoms with Crippen LogP contribution in [0.3, 0.4) is 0 Å². The Morgan fingerprint density at radius 1 is 1.44 bits per heavy atom. The van der Waals surface area contributed by atoms with Crippen molar-refractivity contribution in [3.8, 4) is 0 Å². The van der Waals surface area contributed by atoms with Gasteiger partial charge in [0.15, 0.2) is 0 Å². The van der Waals surface area contributed by atoms with Crippen molar-refractivity contribution >= 4 is 5.97 Å². The minimum Gasteiger partial charge on any atom is -0.481 e. The lowest BCUT2D eigenvalue weighted by atomic mass is 10.1. The van der Waals surface area contributed by atoms with Gasteiger partial charge in [-0.2, -0.15) is 0 Å². The van der Waals surface area contributed by atoms with Crippen molar-refractivity contribution in [3.63, 3.8) is 0 Å². The molecule has 0 heterocycles. The van der Waals surface area contributed by atoms with Gasteiger partial charge in [0.25, 0.3) is 0 Å². The van der Waals surface area contributed by atoms with Crippen LogP contribution in [-0.2, 0) is 4.79 Å². The van der Waals surface area contributed by atoms with Gasteiger partial charge in [-0.15, -0.1) is 0 Å². The second kappa shape index (κ2) is 6.89. The Balaban J connectivity index is 2.41. The van der Waals surface area contributed by atoms with Crippen molar-refractivity contribution in [2.75, 3.05) is 6.54 Å². The van der Waals surface area contributed by atoms with E-state index >= 15 is 0 Å². The summed E-state index contributed by atoms with van der Waals surface area (Å²) in [5.41, 5.74) is 0. The Hall–Kier alpha value is -0.570. The number of carbonyl (C=O) groups is 1. The van der Waals surface area contributed by atoms with Crippen molar-refractivity contribution < 1.29 is 9.90 Å². The third kappa shape index (κ3) is 4.52. The van der Waals surface area contributed by atoms with Crippen LogP contribution in [0.15, 0.2) is 0 Å². The molecule has 1 N–H and O–H groups in total. The van der Waals surface area contributed by atoms with Crippen LogP contribution in [0.1, 0.15) is 58.8 Å². The van der Waals surface area contributed by atoms with E-state index in [1.54, 1.807) is 0 Å². The molecule has 0 aromatic rings. The van der Waals surface area contributed by atoms with Crippen molar-refractivity contribution in [2.24, 2.45) is 0 Å². The molecule has 0 aliphatic heterocycles. The molecular formula is C13H25NO2. The van der Waals surface area contributed by atoms with Crippen LogP contribution in [-0.4, -0.2) is 34.6 Å². The first kappa shape index (κ1) is 13.5. The van der Waals surface area contributed by atoms with E-state index in [4.69, 9.17) is 5.11 Å². The average molecular weight is 227 g/mol. The number of carboxylic acid groups (broad SMARTS) is 1. The van der Waals surface area contributed by atoms with E-state index in [1.807, 2.05) is 0 Å². The van der Waals surface area contributed by atoms with Crippen molar-refractivity contribution in [1.29, 1.82) is 0 Å². The van der Waals surface area contributed by atoms with Gasteiger partial charge in [-0.1, -0.05) is 26.7 Å². The van der Waals surface area contributed by atoms with E-state index in [0.717, 1.165) is 13.0 Å². The van der Waals surface area contributed by atoms with Gasteiger partial charge in [0.2, 0.25) is 0 Å². The van der Waals surface area contributed by atoms with Crippen LogP contribution in [0.5, 0.6) is 0 Å². The molecular weight excluding hydrogens is 202 g/mol. The molecule has 3 heteroatoms. The third-order valence-electron chi connectivity index (χ3n) is 3.43. The number of hydrogen-bond acceptors (Lipinski definition) is 2. The van der Waals surface area contributed by atoms with Gasteiger partial charge >= 0.3 is 5.97 Å². The van der Waals surface area contributed by atoms with Gasteiger partial charge in [0, 0.05) is 18.6 Å². The monoisotopic (exact) mass is 227 g/mol. The standard InChI is InChI=1S/C13H25NO2/c1-3-5-6-11(4-2)14(12-7-8-12)10-9-13(15)16/h11-12H,3-10H2,1-2H3,(H,15,16). The fourth-order valence-corrected chi connectivity index (χ4v) is 2.34. The molecule has 1 atom stereocenters. The Labute approximate surface area is 98.8 Å². The second-order valence-electron chi connectivity index (χ2n) is 4.82. The summed E-state index contributed by atoms with van der Waals surface area (Å²) in [5, 5.41) is 8.77. The number of carboxylic acids is 1. The molecule has 94 valence electrons. The summed E-state index contributed by atoms with van der Waals surface area (Å²) in [4.78, 5) is 13.1.